The summed E-state index contributed by atoms with van der Waals surface area (Å²) in [5, 5.41) is 0. The number of halogens is 1. The van der Waals surface area contributed by atoms with Crippen molar-refractivity contribution in [2.75, 3.05) is 27.4 Å². The fourth-order valence-electron chi connectivity index (χ4n) is 1.96. The number of benzene rings is 1. The third-order valence-corrected chi connectivity index (χ3v) is 4.43. The Labute approximate surface area is 133 Å². The first-order chi connectivity index (χ1) is 10.9. The lowest BCUT2D eigenvalue weighted by Gasteiger charge is -2.26. The molecule has 0 saturated carbocycles. The number of hydrogen-bond acceptors (Lipinski definition) is 5. The normalized spacial score (nSPS) is 16.6. The third-order valence-electron chi connectivity index (χ3n) is 3.07. The smallest absolute Gasteiger partial charge is 0.355 e. The van der Waals surface area contributed by atoms with Gasteiger partial charge in [-0.05, 0) is 30.3 Å². The molecule has 0 N–H and O–H groups in total. The van der Waals surface area contributed by atoms with E-state index in [1.807, 2.05) is 0 Å². The number of ether oxygens (including phenoxy) is 2. The monoisotopic (exact) mass is 342 g/mol. The Hall–Kier alpha value is -2.26. The molecule has 0 unspecified atom stereocenters. The van der Waals surface area contributed by atoms with E-state index >= 15 is 0 Å². The highest BCUT2D eigenvalue weighted by molar-refractivity contribution is 7.88. The Balaban J connectivity index is 2.49. The number of hydrogen-bond donors (Lipinski definition) is 0. The van der Waals surface area contributed by atoms with Crippen molar-refractivity contribution >= 4 is 21.9 Å². The zero-order chi connectivity index (χ0) is 17.0. The second-order valence-electron chi connectivity index (χ2n) is 4.55. The maximum absolute atomic E-state index is 13.0. The van der Waals surface area contributed by atoms with Crippen LogP contribution in [0.1, 0.15) is 5.56 Å². The van der Waals surface area contributed by atoms with Crippen molar-refractivity contribution in [2.24, 2.45) is 4.40 Å². The van der Waals surface area contributed by atoms with E-state index in [9.17, 15) is 17.6 Å². The van der Waals surface area contributed by atoms with E-state index in [0.717, 1.165) is 11.4 Å². The number of rotatable bonds is 5. The van der Waals surface area contributed by atoms with Crippen LogP contribution in [0.25, 0.3) is 0 Å². The van der Waals surface area contributed by atoms with E-state index in [-0.39, 0.29) is 24.6 Å². The van der Waals surface area contributed by atoms with Gasteiger partial charge >= 0.3 is 16.2 Å². The third kappa shape index (κ3) is 3.74. The predicted octanol–water partition coefficient (Wildman–Crippen LogP) is 0.878. The van der Waals surface area contributed by atoms with Crippen LogP contribution in [0.2, 0.25) is 0 Å². The Bertz CT molecular complexity index is 756. The number of carbonyl (C=O) groups excluding carboxylic acids is 1. The van der Waals surface area contributed by atoms with E-state index in [0.29, 0.717) is 5.56 Å². The summed E-state index contributed by atoms with van der Waals surface area (Å²) in [4.78, 5) is 11.9. The van der Waals surface area contributed by atoms with Crippen molar-refractivity contribution in [1.82, 2.24) is 4.31 Å². The van der Waals surface area contributed by atoms with Crippen LogP contribution in [-0.2, 0) is 24.5 Å². The highest BCUT2D eigenvalue weighted by atomic mass is 32.2. The van der Waals surface area contributed by atoms with Gasteiger partial charge in [-0.2, -0.15) is 8.42 Å². The van der Waals surface area contributed by atoms with E-state index < -0.39 is 22.0 Å². The zero-order valence-electron chi connectivity index (χ0n) is 12.5. The van der Waals surface area contributed by atoms with Gasteiger partial charge in [0.05, 0.1) is 26.0 Å². The molecule has 0 aliphatic carbocycles. The fraction of sp³-hybridized carbons (Fsp3) is 0.286. The van der Waals surface area contributed by atoms with E-state index in [1.165, 1.54) is 37.5 Å². The van der Waals surface area contributed by atoms with Crippen molar-refractivity contribution in [3.63, 3.8) is 0 Å². The Kier molecular flexibility index (Phi) is 5.12. The Morgan fingerprint density at radius 2 is 1.91 bits per heavy atom. The number of nitrogens with zero attached hydrogens (tertiary/aromatic N) is 2. The van der Waals surface area contributed by atoms with Crippen molar-refractivity contribution in [3.8, 4) is 0 Å². The van der Waals surface area contributed by atoms with Gasteiger partial charge < -0.3 is 9.47 Å². The molecule has 0 fully saturated rings. The van der Waals surface area contributed by atoms with Crippen LogP contribution in [0.3, 0.4) is 0 Å². The molecule has 23 heavy (non-hydrogen) atoms. The first-order valence-electron chi connectivity index (χ1n) is 6.56. The molecule has 1 heterocycles. The molecule has 1 aromatic rings. The van der Waals surface area contributed by atoms with Crippen LogP contribution < -0.4 is 0 Å². The molecule has 0 saturated heterocycles. The molecule has 0 radical (unpaired) electrons. The summed E-state index contributed by atoms with van der Waals surface area (Å²) in [5.74, 6) is -1.29. The first kappa shape index (κ1) is 17.1. The summed E-state index contributed by atoms with van der Waals surface area (Å²) in [7, 11) is -1.57. The van der Waals surface area contributed by atoms with Gasteiger partial charge in [0.1, 0.15) is 11.5 Å². The van der Waals surface area contributed by atoms with Crippen LogP contribution in [0.4, 0.5) is 4.39 Å². The molecule has 0 spiro atoms. The second-order valence-corrected chi connectivity index (χ2v) is 6.07. The lowest BCUT2D eigenvalue weighted by Crippen LogP contribution is -2.38. The van der Waals surface area contributed by atoms with Crippen molar-refractivity contribution in [2.45, 2.75) is 0 Å². The molecule has 1 aliphatic rings. The summed E-state index contributed by atoms with van der Waals surface area (Å²) < 4.78 is 51.6. The Morgan fingerprint density at radius 1 is 1.26 bits per heavy atom. The molecule has 0 atom stereocenters. The van der Waals surface area contributed by atoms with Crippen LogP contribution in [0.5, 0.6) is 0 Å². The lowest BCUT2D eigenvalue weighted by molar-refractivity contribution is -0.137. The molecular weight excluding hydrogens is 327 g/mol. The largest absolute Gasteiger partial charge is 0.464 e. The molecule has 1 aromatic carbocycles. The van der Waals surface area contributed by atoms with Crippen molar-refractivity contribution in [1.29, 1.82) is 0 Å². The number of carbonyl (C=O) groups is 1. The van der Waals surface area contributed by atoms with Gasteiger partial charge in [-0.3, -0.25) is 0 Å². The zero-order valence-corrected chi connectivity index (χ0v) is 13.3. The Morgan fingerprint density at radius 3 is 2.48 bits per heavy atom. The molecule has 1 aliphatic heterocycles. The second kappa shape index (κ2) is 6.88. The van der Waals surface area contributed by atoms with Crippen LogP contribution in [0.15, 0.2) is 40.4 Å². The minimum Gasteiger partial charge on any atom is -0.464 e. The van der Waals surface area contributed by atoms with Gasteiger partial charge in [-0.15, -0.1) is 4.40 Å². The van der Waals surface area contributed by atoms with Crippen LogP contribution >= 0.6 is 0 Å². The van der Waals surface area contributed by atoms with Gasteiger partial charge in [0.2, 0.25) is 0 Å². The molecule has 9 heteroatoms. The SMILES string of the molecule is COCCN1C(C(=O)OC)=CC(c2ccc(F)cc2)=NS1(=O)=O. The van der Waals surface area contributed by atoms with Gasteiger partial charge in [0.15, 0.2) is 0 Å². The van der Waals surface area contributed by atoms with Crippen LogP contribution in [-0.4, -0.2) is 51.8 Å². The lowest BCUT2D eigenvalue weighted by atomic mass is 10.1. The summed E-state index contributed by atoms with van der Waals surface area (Å²) in [6.45, 7) is -0.00503. The molecular formula is C14H15FN2O5S. The minimum atomic E-state index is -4.13. The number of esters is 1. The van der Waals surface area contributed by atoms with Crippen molar-refractivity contribution < 1.29 is 27.1 Å². The van der Waals surface area contributed by atoms with Crippen molar-refractivity contribution in [3.05, 3.63) is 47.4 Å². The average Bonchev–Trinajstić information content (AvgIpc) is 2.52. The minimum absolute atomic E-state index is 0.0269. The molecule has 2 rings (SSSR count). The van der Waals surface area contributed by atoms with E-state index in [4.69, 9.17) is 4.74 Å². The maximum atomic E-state index is 13.0. The van der Waals surface area contributed by atoms with E-state index in [2.05, 4.69) is 9.13 Å². The standard InChI is InChI=1S/C14H15FN2O5S/c1-21-8-7-17-13(14(18)22-2)9-12(16-23(17,19)20)10-3-5-11(15)6-4-10/h3-6,9H,7-8H2,1-2H3. The molecule has 0 amide bonds. The topological polar surface area (TPSA) is 85.3 Å². The van der Waals surface area contributed by atoms with Crippen LogP contribution in [0, 0.1) is 5.82 Å². The summed E-state index contributed by atoms with van der Waals surface area (Å²) in [5.41, 5.74) is 0.209. The maximum Gasteiger partial charge on any atom is 0.355 e. The van der Waals surface area contributed by atoms with Gasteiger partial charge in [0, 0.05) is 12.7 Å². The number of methoxy groups -OCH3 is 2. The predicted molar refractivity (Wildman–Crippen MR) is 80.5 cm³/mol. The van der Waals surface area contributed by atoms with Gasteiger partial charge in [0.25, 0.3) is 0 Å². The quantitative estimate of drug-likeness (QED) is 0.742. The van der Waals surface area contributed by atoms with Gasteiger partial charge in [-0.25, -0.2) is 13.5 Å². The molecule has 0 aromatic heterocycles. The average molecular weight is 342 g/mol. The summed E-state index contributed by atoms with van der Waals surface area (Å²) >= 11 is 0. The number of allylic oxidation sites excluding steroid dienone is 1. The van der Waals surface area contributed by atoms with Gasteiger partial charge in [-0.1, -0.05) is 0 Å². The highest BCUT2D eigenvalue weighted by Gasteiger charge is 2.33. The first-order valence-corrected chi connectivity index (χ1v) is 7.96. The summed E-state index contributed by atoms with van der Waals surface area (Å²) in [6, 6.07) is 5.10. The molecule has 124 valence electrons. The molecule has 0 bridgehead atoms. The van der Waals surface area contributed by atoms with E-state index in [1.54, 1.807) is 0 Å². The highest BCUT2D eigenvalue weighted by Crippen LogP contribution is 2.22. The fourth-order valence-corrected chi connectivity index (χ4v) is 3.14. The summed E-state index contributed by atoms with van der Waals surface area (Å²) in [6.07, 6.45) is 1.29. The molecule has 7 nitrogen and oxygen atoms in total.